The molecule has 1 unspecified atom stereocenters. The van der Waals surface area contributed by atoms with E-state index in [-0.39, 0.29) is 12.4 Å². The van der Waals surface area contributed by atoms with E-state index in [2.05, 4.69) is 9.71 Å². The predicted molar refractivity (Wildman–Crippen MR) is 86.7 cm³/mol. The Labute approximate surface area is 131 Å². The summed E-state index contributed by atoms with van der Waals surface area (Å²) < 4.78 is 24.6. The molecule has 0 radical (unpaired) electrons. The van der Waals surface area contributed by atoms with Crippen molar-refractivity contribution in [2.75, 3.05) is 30.6 Å². The second-order valence-corrected chi connectivity index (χ2v) is 6.64. The number of sulfonamides is 1. The zero-order chi connectivity index (χ0) is 14.8. The van der Waals surface area contributed by atoms with Crippen molar-refractivity contribution in [1.29, 1.82) is 0 Å². The van der Waals surface area contributed by atoms with Gasteiger partial charge in [-0.25, -0.2) is 8.42 Å². The molecule has 0 aliphatic carbocycles. The van der Waals surface area contributed by atoms with Gasteiger partial charge in [0.15, 0.2) is 0 Å². The number of hydrogen-bond donors (Lipinski definition) is 2. The van der Waals surface area contributed by atoms with Gasteiger partial charge in [-0.1, -0.05) is 12.1 Å². The van der Waals surface area contributed by atoms with E-state index in [4.69, 9.17) is 0 Å². The Balaban J connectivity index is 0.00000220. The topological polar surface area (TPSA) is 82.0 Å². The molecule has 2 N–H and O–H groups in total. The van der Waals surface area contributed by atoms with E-state index in [0.717, 1.165) is 30.7 Å². The molecule has 1 aliphatic heterocycles. The van der Waals surface area contributed by atoms with Crippen molar-refractivity contribution < 1.29 is 13.5 Å². The third-order valence-electron chi connectivity index (χ3n) is 3.16. The molecule has 6 nitrogen and oxygen atoms in total. The van der Waals surface area contributed by atoms with Gasteiger partial charge in [0, 0.05) is 18.8 Å². The Morgan fingerprint density at radius 1 is 1.38 bits per heavy atom. The second kappa shape index (κ2) is 7.11. The van der Waals surface area contributed by atoms with Gasteiger partial charge in [0.05, 0.1) is 24.7 Å². The minimum atomic E-state index is -3.27. The SMILES string of the molecule is CC1=NCCN1CC(O)c1ccc(NS(C)(=O)=O)cc1.Cl. The molecule has 118 valence electrons. The lowest BCUT2D eigenvalue weighted by atomic mass is 10.1. The maximum absolute atomic E-state index is 11.1. The first-order valence-electron chi connectivity index (χ1n) is 6.37. The molecule has 0 fully saturated rings. The van der Waals surface area contributed by atoms with E-state index in [1.54, 1.807) is 24.3 Å². The number of nitrogens with one attached hydrogen (secondary N) is 1. The Hall–Kier alpha value is -1.31. The van der Waals surface area contributed by atoms with Crippen molar-refractivity contribution in [2.24, 2.45) is 4.99 Å². The van der Waals surface area contributed by atoms with Crippen LogP contribution in [0.4, 0.5) is 5.69 Å². The maximum atomic E-state index is 11.1. The third kappa shape index (κ3) is 5.18. The van der Waals surface area contributed by atoms with E-state index in [1.807, 2.05) is 11.8 Å². The normalized spacial score (nSPS) is 16.1. The number of nitrogens with zero attached hydrogens (tertiary/aromatic N) is 2. The summed E-state index contributed by atoms with van der Waals surface area (Å²) in [6.45, 7) is 4.03. The molecular weight excluding hydrogens is 314 g/mol. The molecule has 1 aromatic carbocycles. The summed E-state index contributed by atoms with van der Waals surface area (Å²) >= 11 is 0. The summed E-state index contributed by atoms with van der Waals surface area (Å²) in [6.07, 6.45) is 0.483. The fourth-order valence-corrected chi connectivity index (χ4v) is 2.68. The molecule has 0 aromatic heterocycles. The highest BCUT2D eigenvalue weighted by atomic mass is 35.5. The summed E-state index contributed by atoms with van der Waals surface area (Å²) in [4.78, 5) is 6.31. The van der Waals surface area contributed by atoms with Crippen molar-refractivity contribution in [3.63, 3.8) is 0 Å². The fourth-order valence-electron chi connectivity index (χ4n) is 2.12. The van der Waals surface area contributed by atoms with Crippen molar-refractivity contribution in [2.45, 2.75) is 13.0 Å². The zero-order valence-corrected chi connectivity index (χ0v) is 13.6. The standard InChI is InChI=1S/C13H19N3O3S.ClH/c1-10-14-7-8-16(10)9-13(17)11-3-5-12(6-4-11)15-20(2,18)19;/h3-6,13,15,17H,7-9H2,1-2H3;1H. The van der Waals surface area contributed by atoms with Crippen molar-refractivity contribution in [3.8, 4) is 0 Å². The van der Waals surface area contributed by atoms with Crippen molar-refractivity contribution in [1.82, 2.24) is 4.90 Å². The second-order valence-electron chi connectivity index (χ2n) is 4.89. The van der Waals surface area contributed by atoms with E-state index >= 15 is 0 Å². The number of aliphatic hydroxyl groups is 1. The van der Waals surface area contributed by atoms with Gasteiger partial charge in [-0.2, -0.15) is 0 Å². The van der Waals surface area contributed by atoms with Crippen LogP contribution in [0.25, 0.3) is 0 Å². The molecule has 0 saturated heterocycles. The first-order valence-corrected chi connectivity index (χ1v) is 8.26. The summed E-state index contributed by atoms with van der Waals surface area (Å²) in [5, 5.41) is 10.2. The molecule has 0 amide bonds. The first kappa shape index (κ1) is 17.7. The molecule has 0 spiro atoms. The van der Waals surface area contributed by atoms with Crippen LogP contribution < -0.4 is 4.72 Å². The highest BCUT2D eigenvalue weighted by molar-refractivity contribution is 7.92. The van der Waals surface area contributed by atoms with Gasteiger partial charge in [-0.3, -0.25) is 9.71 Å². The van der Waals surface area contributed by atoms with E-state index < -0.39 is 16.1 Å². The molecule has 21 heavy (non-hydrogen) atoms. The Morgan fingerprint density at radius 3 is 2.48 bits per heavy atom. The molecule has 1 aromatic rings. The average molecular weight is 334 g/mol. The zero-order valence-electron chi connectivity index (χ0n) is 12.0. The lowest BCUT2D eigenvalue weighted by Crippen LogP contribution is -2.30. The van der Waals surface area contributed by atoms with E-state index in [1.165, 1.54) is 0 Å². The van der Waals surface area contributed by atoms with Gasteiger partial charge in [0.25, 0.3) is 0 Å². The molecule has 0 bridgehead atoms. The van der Waals surface area contributed by atoms with Gasteiger partial charge in [-0.15, -0.1) is 12.4 Å². The number of rotatable bonds is 5. The van der Waals surface area contributed by atoms with Crippen LogP contribution in [-0.4, -0.2) is 50.1 Å². The van der Waals surface area contributed by atoms with E-state index in [9.17, 15) is 13.5 Å². The minimum Gasteiger partial charge on any atom is -0.387 e. The molecule has 8 heteroatoms. The Morgan fingerprint density at radius 2 is 2.00 bits per heavy atom. The fraction of sp³-hybridized carbons (Fsp3) is 0.462. The highest BCUT2D eigenvalue weighted by Gasteiger charge is 2.17. The molecule has 1 atom stereocenters. The molecule has 2 rings (SSSR count). The summed E-state index contributed by atoms with van der Waals surface area (Å²) in [5.41, 5.74) is 1.24. The first-order chi connectivity index (χ1) is 9.35. The quantitative estimate of drug-likeness (QED) is 0.849. The molecule has 1 aliphatic rings. The number of benzene rings is 1. The third-order valence-corrected chi connectivity index (χ3v) is 3.77. The molecular formula is C13H20ClN3O3S. The van der Waals surface area contributed by atoms with Crippen LogP contribution in [0.2, 0.25) is 0 Å². The van der Waals surface area contributed by atoms with Crippen LogP contribution in [0.3, 0.4) is 0 Å². The van der Waals surface area contributed by atoms with Crippen LogP contribution in [0.15, 0.2) is 29.3 Å². The highest BCUT2D eigenvalue weighted by Crippen LogP contribution is 2.19. The number of aliphatic imine (C=N–C) groups is 1. The van der Waals surface area contributed by atoms with Crippen LogP contribution in [-0.2, 0) is 10.0 Å². The van der Waals surface area contributed by atoms with Crippen molar-refractivity contribution >= 4 is 34.0 Å². The summed E-state index contributed by atoms with van der Waals surface area (Å²) in [6, 6.07) is 6.73. The van der Waals surface area contributed by atoms with Gasteiger partial charge in [0.1, 0.15) is 0 Å². The van der Waals surface area contributed by atoms with Crippen LogP contribution >= 0.6 is 12.4 Å². The minimum absolute atomic E-state index is 0. The van der Waals surface area contributed by atoms with Crippen LogP contribution in [0, 0.1) is 0 Å². The van der Waals surface area contributed by atoms with Gasteiger partial charge in [-0.05, 0) is 24.6 Å². The number of anilines is 1. The van der Waals surface area contributed by atoms with Crippen molar-refractivity contribution in [3.05, 3.63) is 29.8 Å². The predicted octanol–water partition coefficient (Wildman–Crippen LogP) is 1.25. The van der Waals surface area contributed by atoms with Crippen LogP contribution in [0.1, 0.15) is 18.6 Å². The molecule has 0 saturated carbocycles. The van der Waals surface area contributed by atoms with Gasteiger partial charge >= 0.3 is 0 Å². The molecule has 1 heterocycles. The number of β-amino-alcohol motifs (C(OH)–C–C–N with tert-alkyl or cyclic N) is 1. The number of hydrogen-bond acceptors (Lipinski definition) is 5. The van der Waals surface area contributed by atoms with Crippen LogP contribution in [0.5, 0.6) is 0 Å². The number of halogens is 1. The van der Waals surface area contributed by atoms with E-state index in [0.29, 0.717) is 12.2 Å². The average Bonchev–Trinajstić information content (AvgIpc) is 2.74. The number of amidine groups is 1. The Kier molecular flexibility index (Phi) is 6.00. The lowest BCUT2D eigenvalue weighted by Gasteiger charge is -2.22. The lowest BCUT2D eigenvalue weighted by molar-refractivity contribution is 0.147. The monoisotopic (exact) mass is 333 g/mol. The van der Waals surface area contributed by atoms with Gasteiger partial charge < -0.3 is 10.0 Å². The summed E-state index contributed by atoms with van der Waals surface area (Å²) in [7, 11) is -3.27. The van der Waals surface area contributed by atoms with Gasteiger partial charge in [0.2, 0.25) is 10.0 Å². The maximum Gasteiger partial charge on any atom is 0.229 e. The number of aliphatic hydroxyl groups excluding tert-OH is 1. The summed E-state index contributed by atoms with van der Waals surface area (Å²) in [5.74, 6) is 0.944. The Bertz CT molecular complexity index is 602. The largest absolute Gasteiger partial charge is 0.387 e. The smallest absolute Gasteiger partial charge is 0.229 e.